The summed E-state index contributed by atoms with van der Waals surface area (Å²) in [5, 5.41) is 3.63. The van der Waals surface area contributed by atoms with Gasteiger partial charge in [-0.2, -0.15) is 0 Å². The van der Waals surface area contributed by atoms with E-state index in [-0.39, 0.29) is 0 Å². The normalized spacial score (nSPS) is 25.4. The lowest BCUT2D eigenvalue weighted by Gasteiger charge is -2.33. The Morgan fingerprint density at radius 1 is 1.53 bits per heavy atom. The molecule has 1 aliphatic heterocycles. The lowest BCUT2D eigenvalue weighted by molar-refractivity contribution is 0.213. The maximum Gasteiger partial charge on any atom is 0.0931 e. The van der Waals surface area contributed by atoms with Gasteiger partial charge in [-0.3, -0.25) is 4.90 Å². The molecule has 1 N–H and O–H groups in total. The Balaban J connectivity index is 1.82. The fraction of sp³-hybridized carbons (Fsp3) is 0.692. The van der Waals surface area contributed by atoms with Crippen LogP contribution in [0.4, 0.5) is 0 Å². The first kappa shape index (κ1) is 13.3. The minimum atomic E-state index is 0.643. The van der Waals surface area contributed by atoms with E-state index in [2.05, 4.69) is 30.3 Å². The number of thiophene rings is 1. The third kappa shape index (κ3) is 3.95. The third-order valence-electron chi connectivity index (χ3n) is 3.49. The SMILES string of the molecule is CC1CCCNC1CN(C)Cc1ccc(Cl)s1. The van der Waals surface area contributed by atoms with E-state index in [0.29, 0.717) is 6.04 Å². The Morgan fingerprint density at radius 2 is 2.35 bits per heavy atom. The molecular formula is C13H21ClN2S. The first-order chi connectivity index (χ1) is 8.15. The largest absolute Gasteiger partial charge is 0.312 e. The van der Waals surface area contributed by atoms with Crippen molar-refractivity contribution in [3.8, 4) is 0 Å². The van der Waals surface area contributed by atoms with Gasteiger partial charge in [0.15, 0.2) is 0 Å². The summed E-state index contributed by atoms with van der Waals surface area (Å²) in [5.41, 5.74) is 0. The van der Waals surface area contributed by atoms with Crippen LogP contribution in [0, 0.1) is 5.92 Å². The molecule has 0 spiro atoms. The molecule has 2 heterocycles. The van der Waals surface area contributed by atoms with E-state index in [1.54, 1.807) is 11.3 Å². The molecule has 1 fully saturated rings. The summed E-state index contributed by atoms with van der Waals surface area (Å²) < 4.78 is 0.887. The van der Waals surface area contributed by atoms with Crippen molar-refractivity contribution in [3.05, 3.63) is 21.3 Å². The Hall–Kier alpha value is -0.0900. The van der Waals surface area contributed by atoms with Crippen LogP contribution in [0.1, 0.15) is 24.6 Å². The molecule has 0 saturated carbocycles. The van der Waals surface area contributed by atoms with Crippen LogP contribution in [-0.2, 0) is 6.54 Å². The minimum Gasteiger partial charge on any atom is -0.312 e. The summed E-state index contributed by atoms with van der Waals surface area (Å²) in [5.74, 6) is 0.790. The molecule has 1 aromatic rings. The maximum atomic E-state index is 5.95. The van der Waals surface area contributed by atoms with Crippen LogP contribution in [0.25, 0.3) is 0 Å². The molecule has 0 aliphatic carbocycles. The molecule has 0 aromatic carbocycles. The fourth-order valence-electron chi connectivity index (χ4n) is 2.46. The van der Waals surface area contributed by atoms with Crippen molar-refractivity contribution in [2.24, 2.45) is 5.92 Å². The Kier molecular flexibility index (Phi) is 4.86. The van der Waals surface area contributed by atoms with Crippen LogP contribution in [0.5, 0.6) is 0 Å². The van der Waals surface area contributed by atoms with Gasteiger partial charge in [-0.1, -0.05) is 18.5 Å². The van der Waals surface area contributed by atoms with Crippen LogP contribution >= 0.6 is 22.9 Å². The zero-order valence-electron chi connectivity index (χ0n) is 10.6. The standard InChI is InChI=1S/C13H21ClN2S/c1-10-4-3-7-15-12(10)9-16(2)8-11-5-6-13(14)17-11/h5-6,10,12,15H,3-4,7-9H2,1-2H3. The van der Waals surface area contributed by atoms with Crippen molar-refractivity contribution in [2.45, 2.75) is 32.4 Å². The molecular weight excluding hydrogens is 252 g/mol. The predicted molar refractivity (Wildman–Crippen MR) is 75.9 cm³/mol. The first-order valence-electron chi connectivity index (χ1n) is 6.31. The first-order valence-corrected chi connectivity index (χ1v) is 7.51. The molecule has 2 unspecified atom stereocenters. The molecule has 1 aromatic heterocycles. The van der Waals surface area contributed by atoms with Crippen molar-refractivity contribution in [1.82, 2.24) is 10.2 Å². The molecule has 0 bridgehead atoms. The van der Waals surface area contributed by atoms with Crippen molar-refractivity contribution >= 4 is 22.9 Å². The molecule has 4 heteroatoms. The average Bonchev–Trinajstić information content (AvgIpc) is 2.67. The van der Waals surface area contributed by atoms with Gasteiger partial charge in [0.1, 0.15) is 0 Å². The Labute approximate surface area is 113 Å². The smallest absolute Gasteiger partial charge is 0.0931 e. The van der Waals surface area contributed by atoms with Crippen LogP contribution in [0.2, 0.25) is 4.34 Å². The molecule has 1 aliphatic rings. The van der Waals surface area contributed by atoms with Gasteiger partial charge in [-0.05, 0) is 44.5 Å². The van der Waals surface area contributed by atoms with Crippen LogP contribution < -0.4 is 5.32 Å². The Morgan fingerprint density at radius 3 is 3.00 bits per heavy atom. The fourth-order valence-corrected chi connectivity index (χ4v) is 3.63. The molecule has 0 amide bonds. The number of halogens is 1. The molecule has 96 valence electrons. The lowest BCUT2D eigenvalue weighted by Crippen LogP contribution is -2.46. The summed E-state index contributed by atoms with van der Waals surface area (Å²) in [6.07, 6.45) is 2.68. The monoisotopic (exact) mass is 272 g/mol. The number of piperidine rings is 1. The van der Waals surface area contributed by atoms with E-state index in [9.17, 15) is 0 Å². The molecule has 2 rings (SSSR count). The van der Waals surface area contributed by atoms with Gasteiger partial charge in [-0.25, -0.2) is 0 Å². The van der Waals surface area contributed by atoms with Crippen LogP contribution in [0.3, 0.4) is 0 Å². The second-order valence-corrected chi connectivity index (χ2v) is 6.88. The van der Waals surface area contributed by atoms with E-state index in [4.69, 9.17) is 11.6 Å². The van der Waals surface area contributed by atoms with Gasteiger partial charge >= 0.3 is 0 Å². The summed E-state index contributed by atoms with van der Waals surface area (Å²) >= 11 is 7.63. The maximum absolute atomic E-state index is 5.95. The minimum absolute atomic E-state index is 0.643. The highest BCUT2D eigenvalue weighted by Crippen LogP contribution is 2.23. The van der Waals surface area contributed by atoms with Gasteiger partial charge in [-0.15, -0.1) is 11.3 Å². The highest BCUT2D eigenvalue weighted by molar-refractivity contribution is 7.16. The number of nitrogens with one attached hydrogen (secondary N) is 1. The summed E-state index contributed by atoms with van der Waals surface area (Å²) in [6, 6.07) is 4.75. The van der Waals surface area contributed by atoms with Crippen LogP contribution in [0.15, 0.2) is 12.1 Å². The van der Waals surface area contributed by atoms with Crippen molar-refractivity contribution in [3.63, 3.8) is 0 Å². The molecule has 2 atom stereocenters. The van der Waals surface area contributed by atoms with Gasteiger partial charge < -0.3 is 5.32 Å². The van der Waals surface area contributed by atoms with E-state index in [0.717, 1.165) is 23.3 Å². The topological polar surface area (TPSA) is 15.3 Å². The van der Waals surface area contributed by atoms with E-state index in [1.807, 2.05) is 6.07 Å². The predicted octanol–water partition coefficient (Wildman–Crippen LogP) is 3.22. The third-order valence-corrected chi connectivity index (χ3v) is 4.71. The molecule has 1 saturated heterocycles. The zero-order valence-corrected chi connectivity index (χ0v) is 12.2. The van der Waals surface area contributed by atoms with Gasteiger partial charge in [0.05, 0.1) is 4.34 Å². The number of hydrogen-bond donors (Lipinski definition) is 1. The number of likely N-dealkylation sites (N-methyl/N-ethyl adjacent to an activating group) is 1. The molecule has 17 heavy (non-hydrogen) atoms. The van der Waals surface area contributed by atoms with Crippen molar-refractivity contribution in [2.75, 3.05) is 20.1 Å². The summed E-state index contributed by atoms with van der Waals surface area (Å²) in [6.45, 7) is 5.65. The summed E-state index contributed by atoms with van der Waals surface area (Å²) in [4.78, 5) is 3.74. The summed E-state index contributed by atoms with van der Waals surface area (Å²) in [7, 11) is 2.19. The number of rotatable bonds is 4. The van der Waals surface area contributed by atoms with Crippen molar-refractivity contribution < 1.29 is 0 Å². The Bertz CT molecular complexity index is 353. The second-order valence-electron chi connectivity index (χ2n) is 5.08. The zero-order chi connectivity index (χ0) is 12.3. The highest BCUT2D eigenvalue weighted by atomic mass is 35.5. The number of hydrogen-bond acceptors (Lipinski definition) is 3. The second kappa shape index (κ2) is 6.19. The van der Waals surface area contributed by atoms with E-state index >= 15 is 0 Å². The average molecular weight is 273 g/mol. The van der Waals surface area contributed by atoms with Gasteiger partial charge in [0.2, 0.25) is 0 Å². The van der Waals surface area contributed by atoms with Gasteiger partial charge in [0.25, 0.3) is 0 Å². The molecule has 0 radical (unpaired) electrons. The molecule has 2 nitrogen and oxygen atoms in total. The number of nitrogens with zero attached hydrogens (tertiary/aromatic N) is 1. The van der Waals surface area contributed by atoms with Crippen LogP contribution in [-0.4, -0.2) is 31.1 Å². The lowest BCUT2D eigenvalue weighted by atomic mass is 9.92. The quantitative estimate of drug-likeness (QED) is 0.905. The van der Waals surface area contributed by atoms with E-state index in [1.165, 1.54) is 24.3 Å². The highest BCUT2D eigenvalue weighted by Gasteiger charge is 2.21. The van der Waals surface area contributed by atoms with E-state index < -0.39 is 0 Å². The van der Waals surface area contributed by atoms with Gasteiger partial charge in [0, 0.05) is 24.0 Å². The van der Waals surface area contributed by atoms with Crippen molar-refractivity contribution in [1.29, 1.82) is 0 Å².